The number of hydrogen-bond donors (Lipinski definition) is 2. The second kappa shape index (κ2) is 5.95. The van der Waals surface area contributed by atoms with E-state index in [-0.39, 0.29) is 12.5 Å². The fourth-order valence-corrected chi connectivity index (χ4v) is 1.37. The van der Waals surface area contributed by atoms with Crippen molar-refractivity contribution < 1.29 is 19.0 Å². The zero-order chi connectivity index (χ0) is 12.8. The zero-order valence-corrected chi connectivity index (χ0v) is 10.1. The van der Waals surface area contributed by atoms with Gasteiger partial charge in [-0.05, 0) is 0 Å². The van der Waals surface area contributed by atoms with E-state index in [1.54, 1.807) is 12.1 Å². The molecule has 0 spiro atoms. The molecule has 1 aromatic rings. The van der Waals surface area contributed by atoms with Gasteiger partial charge in [0, 0.05) is 17.8 Å². The summed E-state index contributed by atoms with van der Waals surface area (Å²) in [5.41, 5.74) is 5.75. The first kappa shape index (κ1) is 13.1. The smallest absolute Gasteiger partial charge is 0.238 e. The molecule has 6 nitrogen and oxygen atoms in total. The summed E-state index contributed by atoms with van der Waals surface area (Å²) >= 11 is 0. The first-order chi connectivity index (χ1) is 8.15. The van der Waals surface area contributed by atoms with Gasteiger partial charge in [-0.3, -0.25) is 4.79 Å². The number of carbonyl (C=O) groups excluding carboxylic acids is 1. The molecule has 0 saturated heterocycles. The number of methoxy groups -OCH3 is 3. The molecule has 0 aliphatic carbocycles. The van der Waals surface area contributed by atoms with E-state index in [1.165, 1.54) is 21.3 Å². The molecule has 1 rings (SSSR count). The van der Waals surface area contributed by atoms with Crippen LogP contribution in [0.25, 0.3) is 0 Å². The minimum Gasteiger partial charge on any atom is -0.493 e. The van der Waals surface area contributed by atoms with Gasteiger partial charge in [-0.15, -0.1) is 0 Å². The van der Waals surface area contributed by atoms with E-state index < -0.39 is 0 Å². The maximum atomic E-state index is 11.2. The molecule has 0 saturated carbocycles. The Bertz CT molecular complexity index is 381. The fraction of sp³-hybridized carbons (Fsp3) is 0.364. The normalized spacial score (nSPS) is 9.65. The number of carbonyl (C=O) groups is 1. The average Bonchev–Trinajstić information content (AvgIpc) is 2.37. The van der Waals surface area contributed by atoms with E-state index in [0.717, 1.165) is 0 Å². The van der Waals surface area contributed by atoms with E-state index in [4.69, 9.17) is 19.9 Å². The van der Waals surface area contributed by atoms with Crippen molar-refractivity contribution in [3.8, 4) is 17.2 Å². The van der Waals surface area contributed by atoms with Crippen LogP contribution in [0.2, 0.25) is 0 Å². The molecule has 3 N–H and O–H groups in total. The molecular weight excluding hydrogens is 224 g/mol. The van der Waals surface area contributed by atoms with Crippen LogP contribution in [-0.2, 0) is 4.79 Å². The standard InChI is InChI=1S/C11H16N2O4/c1-15-8-4-7(13-10(14)6-12)5-9(16-2)11(8)17-3/h4-5H,6,12H2,1-3H3,(H,13,14). The highest BCUT2D eigenvalue weighted by atomic mass is 16.5. The molecule has 0 bridgehead atoms. The average molecular weight is 240 g/mol. The first-order valence-corrected chi connectivity index (χ1v) is 4.96. The predicted molar refractivity (Wildman–Crippen MR) is 63.8 cm³/mol. The molecule has 0 unspecified atom stereocenters. The predicted octanol–water partition coefficient (Wildman–Crippen LogP) is 0.610. The van der Waals surface area contributed by atoms with Gasteiger partial charge in [-0.1, -0.05) is 0 Å². The van der Waals surface area contributed by atoms with Crippen molar-refractivity contribution in [2.24, 2.45) is 5.73 Å². The molecule has 0 heterocycles. The summed E-state index contributed by atoms with van der Waals surface area (Å²) in [6.45, 7) is -0.0866. The summed E-state index contributed by atoms with van der Waals surface area (Å²) in [4.78, 5) is 11.2. The van der Waals surface area contributed by atoms with Crippen molar-refractivity contribution in [3.63, 3.8) is 0 Å². The van der Waals surface area contributed by atoms with Crippen LogP contribution >= 0.6 is 0 Å². The maximum absolute atomic E-state index is 11.2. The highest BCUT2D eigenvalue weighted by Gasteiger charge is 2.13. The summed E-state index contributed by atoms with van der Waals surface area (Å²) < 4.78 is 15.5. The van der Waals surface area contributed by atoms with Crippen LogP contribution in [0.3, 0.4) is 0 Å². The van der Waals surface area contributed by atoms with E-state index in [1.807, 2.05) is 0 Å². The van der Waals surface area contributed by atoms with Crippen LogP contribution in [0.1, 0.15) is 0 Å². The van der Waals surface area contributed by atoms with Gasteiger partial charge in [0.2, 0.25) is 11.7 Å². The van der Waals surface area contributed by atoms with Crippen LogP contribution in [0, 0.1) is 0 Å². The Balaban J connectivity index is 3.13. The van der Waals surface area contributed by atoms with Crippen molar-refractivity contribution in [2.75, 3.05) is 33.2 Å². The Morgan fingerprint density at radius 1 is 1.18 bits per heavy atom. The van der Waals surface area contributed by atoms with E-state index in [2.05, 4.69) is 5.32 Å². The molecule has 1 amide bonds. The second-order valence-corrected chi connectivity index (χ2v) is 3.17. The Morgan fingerprint density at radius 3 is 2.06 bits per heavy atom. The molecule has 0 aromatic heterocycles. The topological polar surface area (TPSA) is 82.8 Å². The highest BCUT2D eigenvalue weighted by Crippen LogP contribution is 2.39. The number of anilines is 1. The molecule has 1 aromatic carbocycles. The maximum Gasteiger partial charge on any atom is 0.238 e. The molecule has 0 aliphatic heterocycles. The lowest BCUT2D eigenvalue weighted by Gasteiger charge is -2.14. The zero-order valence-electron chi connectivity index (χ0n) is 10.1. The lowest BCUT2D eigenvalue weighted by molar-refractivity contribution is -0.114. The highest BCUT2D eigenvalue weighted by molar-refractivity contribution is 5.92. The number of nitrogens with two attached hydrogens (primary N) is 1. The van der Waals surface area contributed by atoms with Crippen LogP contribution in [0.5, 0.6) is 17.2 Å². The van der Waals surface area contributed by atoms with Crippen molar-refractivity contribution >= 4 is 11.6 Å². The van der Waals surface area contributed by atoms with Gasteiger partial charge in [-0.2, -0.15) is 0 Å². The van der Waals surface area contributed by atoms with Gasteiger partial charge in [-0.25, -0.2) is 0 Å². The van der Waals surface area contributed by atoms with Crippen molar-refractivity contribution in [1.29, 1.82) is 0 Å². The van der Waals surface area contributed by atoms with Crippen LogP contribution in [0.15, 0.2) is 12.1 Å². The van der Waals surface area contributed by atoms with E-state index in [9.17, 15) is 4.79 Å². The first-order valence-electron chi connectivity index (χ1n) is 4.96. The number of ether oxygens (including phenoxy) is 3. The summed E-state index contributed by atoms with van der Waals surface area (Å²) in [5, 5.41) is 2.61. The van der Waals surface area contributed by atoms with E-state index in [0.29, 0.717) is 22.9 Å². The fourth-order valence-electron chi connectivity index (χ4n) is 1.37. The Morgan fingerprint density at radius 2 is 1.71 bits per heavy atom. The Kier molecular flexibility index (Phi) is 4.59. The third-order valence-corrected chi connectivity index (χ3v) is 2.13. The summed E-state index contributed by atoms with van der Waals surface area (Å²) in [6, 6.07) is 3.27. The molecule has 94 valence electrons. The van der Waals surface area contributed by atoms with Crippen molar-refractivity contribution in [2.45, 2.75) is 0 Å². The quantitative estimate of drug-likeness (QED) is 0.788. The SMILES string of the molecule is COc1cc(NC(=O)CN)cc(OC)c1OC. The minimum absolute atomic E-state index is 0.0866. The monoisotopic (exact) mass is 240 g/mol. The molecule has 0 radical (unpaired) electrons. The van der Waals surface area contributed by atoms with Gasteiger partial charge in [0.15, 0.2) is 11.5 Å². The number of hydrogen-bond acceptors (Lipinski definition) is 5. The Labute approximate surface area is 99.6 Å². The van der Waals surface area contributed by atoms with Gasteiger partial charge in [0.05, 0.1) is 27.9 Å². The summed E-state index contributed by atoms with van der Waals surface area (Å²) in [5.74, 6) is 1.12. The number of benzene rings is 1. The van der Waals surface area contributed by atoms with Gasteiger partial charge >= 0.3 is 0 Å². The lowest BCUT2D eigenvalue weighted by Crippen LogP contribution is -2.21. The van der Waals surface area contributed by atoms with Crippen LogP contribution in [-0.4, -0.2) is 33.8 Å². The lowest BCUT2D eigenvalue weighted by atomic mass is 10.2. The summed E-state index contributed by atoms with van der Waals surface area (Å²) in [7, 11) is 4.52. The van der Waals surface area contributed by atoms with Crippen molar-refractivity contribution in [1.82, 2.24) is 0 Å². The molecule has 0 aliphatic rings. The summed E-state index contributed by atoms with van der Waals surface area (Å²) in [6.07, 6.45) is 0. The number of amides is 1. The third kappa shape index (κ3) is 3.01. The van der Waals surface area contributed by atoms with Crippen molar-refractivity contribution in [3.05, 3.63) is 12.1 Å². The van der Waals surface area contributed by atoms with Gasteiger partial charge in [0.25, 0.3) is 0 Å². The third-order valence-electron chi connectivity index (χ3n) is 2.13. The minimum atomic E-state index is -0.292. The molecule has 0 atom stereocenters. The largest absolute Gasteiger partial charge is 0.493 e. The van der Waals surface area contributed by atoms with Crippen LogP contribution < -0.4 is 25.3 Å². The molecule has 17 heavy (non-hydrogen) atoms. The number of nitrogens with one attached hydrogen (secondary N) is 1. The Hall–Kier alpha value is -1.95. The molecular formula is C11H16N2O4. The van der Waals surface area contributed by atoms with E-state index >= 15 is 0 Å². The van der Waals surface area contributed by atoms with Gasteiger partial charge in [0.1, 0.15) is 0 Å². The van der Waals surface area contributed by atoms with Crippen LogP contribution in [0.4, 0.5) is 5.69 Å². The number of rotatable bonds is 5. The second-order valence-electron chi connectivity index (χ2n) is 3.17. The molecule has 0 fully saturated rings. The van der Waals surface area contributed by atoms with Gasteiger partial charge < -0.3 is 25.3 Å². The molecule has 6 heteroatoms.